The van der Waals surface area contributed by atoms with Crippen molar-refractivity contribution in [1.29, 1.82) is 0 Å². The summed E-state index contributed by atoms with van der Waals surface area (Å²) in [4.78, 5) is 13.2. The minimum atomic E-state index is 0.759. The third-order valence-corrected chi connectivity index (χ3v) is 3.90. The summed E-state index contributed by atoms with van der Waals surface area (Å²) in [6.07, 6.45) is 0.919. The Morgan fingerprint density at radius 3 is 3.00 bits per heavy atom. The fourth-order valence-corrected chi connectivity index (χ4v) is 2.94. The molecule has 0 amide bonds. The standard InChI is InChI=1S/C10H10BrNOS/c11-9-2-1-3-10(8(9)6-13)12-4-5-14-7-12/h1-3,6H,4-5,7H2. The van der Waals surface area contributed by atoms with E-state index >= 15 is 0 Å². The molecule has 0 bridgehead atoms. The zero-order valence-corrected chi connectivity index (χ0v) is 9.97. The van der Waals surface area contributed by atoms with Gasteiger partial charge in [0.05, 0.1) is 11.4 Å². The van der Waals surface area contributed by atoms with Crippen LogP contribution in [0, 0.1) is 0 Å². The molecule has 0 saturated carbocycles. The molecule has 1 aromatic carbocycles. The van der Waals surface area contributed by atoms with Crippen molar-refractivity contribution in [1.82, 2.24) is 0 Å². The van der Waals surface area contributed by atoms with Gasteiger partial charge in [-0.05, 0) is 28.1 Å². The maximum absolute atomic E-state index is 10.9. The molecule has 1 fully saturated rings. The molecule has 4 heteroatoms. The summed E-state index contributed by atoms with van der Waals surface area (Å²) in [7, 11) is 0. The molecule has 74 valence electrons. The molecule has 0 atom stereocenters. The Kier molecular flexibility index (Phi) is 3.13. The van der Waals surface area contributed by atoms with Gasteiger partial charge in [0, 0.05) is 22.5 Å². The van der Waals surface area contributed by atoms with Crippen molar-refractivity contribution in [3.63, 3.8) is 0 Å². The van der Waals surface area contributed by atoms with Crippen LogP contribution in [0.1, 0.15) is 10.4 Å². The summed E-state index contributed by atoms with van der Waals surface area (Å²) >= 11 is 5.29. The highest BCUT2D eigenvalue weighted by Gasteiger charge is 2.16. The zero-order valence-electron chi connectivity index (χ0n) is 7.57. The van der Waals surface area contributed by atoms with Crippen molar-refractivity contribution in [3.8, 4) is 0 Å². The molecule has 0 N–H and O–H groups in total. The summed E-state index contributed by atoms with van der Waals surface area (Å²) in [6, 6.07) is 5.87. The van der Waals surface area contributed by atoms with Crippen LogP contribution in [0.2, 0.25) is 0 Å². The molecule has 1 heterocycles. The van der Waals surface area contributed by atoms with E-state index < -0.39 is 0 Å². The number of nitrogens with zero attached hydrogens (tertiary/aromatic N) is 1. The monoisotopic (exact) mass is 271 g/mol. The van der Waals surface area contributed by atoms with Gasteiger partial charge in [-0.25, -0.2) is 0 Å². The minimum Gasteiger partial charge on any atom is -0.361 e. The Morgan fingerprint density at radius 1 is 1.50 bits per heavy atom. The Labute approximate surface area is 95.8 Å². The molecule has 0 unspecified atom stereocenters. The molecule has 2 rings (SSSR count). The number of hydrogen-bond acceptors (Lipinski definition) is 3. The van der Waals surface area contributed by atoms with E-state index in [9.17, 15) is 4.79 Å². The number of thioether (sulfide) groups is 1. The van der Waals surface area contributed by atoms with Crippen molar-refractivity contribution in [2.45, 2.75) is 0 Å². The van der Waals surface area contributed by atoms with Crippen LogP contribution in [0.15, 0.2) is 22.7 Å². The van der Waals surface area contributed by atoms with Gasteiger partial charge in [0.2, 0.25) is 0 Å². The number of aldehydes is 1. The molecule has 0 radical (unpaired) electrons. The number of anilines is 1. The van der Waals surface area contributed by atoms with Gasteiger partial charge in [-0.3, -0.25) is 4.79 Å². The highest BCUT2D eigenvalue weighted by atomic mass is 79.9. The fraction of sp³-hybridized carbons (Fsp3) is 0.300. The van der Waals surface area contributed by atoms with Gasteiger partial charge in [-0.2, -0.15) is 0 Å². The number of carbonyl (C=O) groups excluding carboxylic acids is 1. The van der Waals surface area contributed by atoms with Crippen LogP contribution >= 0.6 is 27.7 Å². The SMILES string of the molecule is O=Cc1c(Br)cccc1N1CCSC1. The molecular formula is C10H10BrNOS. The first-order valence-electron chi connectivity index (χ1n) is 4.39. The topological polar surface area (TPSA) is 20.3 Å². The van der Waals surface area contributed by atoms with E-state index in [4.69, 9.17) is 0 Å². The number of rotatable bonds is 2. The number of hydrogen-bond donors (Lipinski definition) is 0. The Hall–Kier alpha value is -0.480. The van der Waals surface area contributed by atoms with Crippen LogP contribution in [-0.4, -0.2) is 24.5 Å². The fourth-order valence-electron chi connectivity index (χ4n) is 1.52. The predicted octanol–water partition coefficient (Wildman–Crippen LogP) is 2.77. The third kappa shape index (κ3) is 1.81. The van der Waals surface area contributed by atoms with Crippen LogP contribution < -0.4 is 4.90 Å². The molecule has 0 spiro atoms. The lowest BCUT2D eigenvalue weighted by Crippen LogP contribution is -2.19. The van der Waals surface area contributed by atoms with E-state index in [1.165, 1.54) is 0 Å². The lowest BCUT2D eigenvalue weighted by Gasteiger charge is -2.19. The van der Waals surface area contributed by atoms with Gasteiger partial charge in [0.25, 0.3) is 0 Å². The molecular weight excluding hydrogens is 262 g/mol. The second kappa shape index (κ2) is 4.36. The summed E-state index contributed by atoms with van der Waals surface area (Å²) in [5.41, 5.74) is 1.80. The largest absolute Gasteiger partial charge is 0.361 e. The van der Waals surface area contributed by atoms with Gasteiger partial charge < -0.3 is 4.90 Å². The summed E-state index contributed by atoms with van der Waals surface area (Å²) in [6.45, 7) is 1.03. The molecule has 2 nitrogen and oxygen atoms in total. The van der Waals surface area contributed by atoms with Gasteiger partial charge in [0.1, 0.15) is 0 Å². The Bertz CT molecular complexity index is 350. The molecule has 0 aromatic heterocycles. The van der Waals surface area contributed by atoms with Gasteiger partial charge in [-0.1, -0.05) is 6.07 Å². The Balaban J connectivity index is 2.40. The van der Waals surface area contributed by atoms with Gasteiger partial charge in [0.15, 0.2) is 6.29 Å². The minimum absolute atomic E-state index is 0.759. The van der Waals surface area contributed by atoms with Crippen LogP contribution in [0.25, 0.3) is 0 Å². The number of halogens is 1. The highest BCUT2D eigenvalue weighted by Crippen LogP contribution is 2.29. The van der Waals surface area contributed by atoms with E-state index in [2.05, 4.69) is 20.8 Å². The summed E-state index contributed by atoms with van der Waals surface area (Å²) < 4.78 is 0.877. The van der Waals surface area contributed by atoms with Crippen molar-refractivity contribution in [3.05, 3.63) is 28.2 Å². The average molecular weight is 272 g/mol. The highest BCUT2D eigenvalue weighted by molar-refractivity contribution is 9.10. The second-order valence-electron chi connectivity index (χ2n) is 3.09. The molecule has 1 saturated heterocycles. The maximum Gasteiger partial charge on any atom is 0.153 e. The zero-order chi connectivity index (χ0) is 9.97. The first kappa shape index (κ1) is 10.1. The van der Waals surface area contributed by atoms with Crippen LogP contribution in [0.5, 0.6) is 0 Å². The quantitative estimate of drug-likeness (QED) is 0.772. The normalized spacial score (nSPS) is 15.9. The summed E-state index contributed by atoms with van der Waals surface area (Å²) in [5, 5.41) is 0. The summed E-state index contributed by atoms with van der Waals surface area (Å²) in [5.74, 6) is 2.13. The van der Waals surface area contributed by atoms with Crippen LogP contribution in [0.3, 0.4) is 0 Å². The molecule has 14 heavy (non-hydrogen) atoms. The predicted molar refractivity (Wildman–Crippen MR) is 64.2 cm³/mol. The molecule has 1 aliphatic rings. The van der Waals surface area contributed by atoms with E-state index in [-0.39, 0.29) is 0 Å². The number of carbonyl (C=O) groups is 1. The number of benzene rings is 1. The first-order chi connectivity index (χ1) is 6.83. The smallest absolute Gasteiger partial charge is 0.153 e. The maximum atomic E-state index is 10.9. The van der Waals surface area contributed by atoms with Crippen molar-refractivity contribution in [2.24, 2.45) is 0 Å². The first-order valence-corrected chi connectivity index (χ1v) is 6.34. The van der Waals surface area contributed by atoms with Gasteiger partial charge >= 0.3 is 0 Å². The van der Waals surface area contributed by atoms with Crippen molar-refractivity contribution in [2.75, 3.05) is 23.1 Å². The molecule has 0 aliphatic carbocycles. The molecule has 1 aliphatic heterocycles. The second-order valence-corrected chi connectivity index (χ2v) is 5.02. The van der Waals surface area contributed by atoms with E-state index in [0.717, 1.165) is 40.2 Å². The lowest BCUT2D eigenvalue weighted by atomic mass is 10.2. The van der Waals surface area contributed by atoms with Crippen LogP contribution in [-0.2, 0) is 0 Å². The third-order valence-electron chi connectivity index (χ3n) is 2.24. The lowest BCUT2D eigenvalue weighted by molar-refractivity contribution is 0.112. The van der Waals surface area contributed by atoms with E-state index in [1.807, 2.05) is 30.0 Å². The Morgan fingerprint density at radius 2 is 2.36 bits per heavy atom. The average Bonchev–Trinajstić information content (AvgIpc) is 2.70. The van der Waals surface area contributed by atoms with E-state index in [1.54, 1.807) is 0 Å². The van der Waals surface area contributed by atoms with E-state index in [0.29, 0.717) is 0 Å². The molecule has 1 aromatic rings. The van der Waals surface area contributed by atoms with Crippen molar-refractivity contribution >= 4 is 39.7 Å². The van der Waals surface area contributed by atoms with Gasteiger partial charge in [-0.15, -0.1) is 11.8 Å². The van der Waals surface area contributed by atoms with Crippen LogP contribution in [0.4, 0.5) is 5.69 Å². The van der Waals surface area contributed by atoms with Crippen molar-refractivity contribution < 1.29 is 4.79 Å².